The van der Waals surface area contributed by atoms with Crippen molar-refractivity contribution in [3.63, 3.8) is 0 Å². The molecular formula is C15H23N3. The van der Waals surface area contributed by atoms with Crippen molar-refractivity contribution >= 4 is 17.0 Å². The van der Waals surface area contributed by atoms with Crippen molar-refractivity contribution in [2.75, 3.05) is 11.9 Å². The topological polar surface area (TPSA) is 29.9 Å². The molecule has 0 aliphatic carbocycles. The van der Waals surface area contributed by atoms with Gasteiger partial charge in [0.05, 0.1) is 11.0 Å². The molecule has 0 bridgehead atoms. The van der Waals surface area contributed by atoms with Gasteiger partial charge in [-0.1, -0.05) is 39.8 Å². The first kappa shape index (κ1) is 12.9. The molecule has 0 spiro atoms. The quantitative estimate of drug-likeness (QED) is 0.890. The van der Waals surface area contributed by atoms with Crippen LogP contribution >= 0.6 is 0 Å². The number of imidazole rings is 1. The Morgan fingerprint density at radius 3 is 2.56 bits per heavy atom. The summed E-state index contributed by atoms with van der Waals surface area (Å²) in [7, 11) is 2.06. The average molecular weight is 245 g/mol. The molecule has 98 valence electrons. The number of para-hydroxylation sites is 2. The number of nitrogens with zero attached hydrogens (tertiary/aromatic N) is 2. The first-order chi connectivity index (χ1) is 8.42. The van der Waals surface area contributed by atoms with E-state index >= 15 is 0 Å². The van der Waals surface area contributed by atoms with Crippen molar-refractivity contribution < 1.29 is 0 Å². The lowest BCUT2D eigenvalue weighted by molar-refractivity contribution is 0.269. The highest BCUT2D eigenvalue weighted by molar-refractivity contribution is 5.78. The molecule has 3 nitrogen and oxygen atoms in total. The molecule has 3 heteroatoms. The van der Waals surface area contributed by atoms with Crippen LogP contribution in [0.1, 0.15) is 27.7 Å². The van der Waals surface area contributed by atoms with E-state index in [1.165, 1.54) is 5.52 Å². The van der Waals surface area contributed by atoms with Crippen molar-refractivity contribution in [3.05, 3.63) is 24.3 Å². The Balaban J connectivity index is 2.20. The Labute approximate surface area is 109 Å². The van der Waals surface area contributed by atoms with E-state index in [2.05, 4.69) is 55.7 Å². The van der Waals surface area contributed by atoms with Crippen LogP contribution in [-0.4, -0.2) is 16.1 Å². The molecule has 0 saturated heterocycles. The highest BCUT2D eigenvalue weighted by atomic mass is 15.2. The molecule has 0 unspecified atom stereocenters. The molecule has 1 heterocycles. The number of benzene rings is 1. The smallest absolute Gasteiger partial charge is 0.203 e. The minimum Gasteiger partial charge on any atom is -0.355 e. The predicted molar refractivity (Wildman–Crippen MR) is 77.8 cm³/mol. The zero-order valence-corrected chi connectivity index (χ0v) is 12.0. The fourth-order valence-electron chi connectivity index (χ4n) is 1.81. The summed E-state index contributed by atoms with van der Waals surface area (Å²) in [4.78, 5) is 4.63. The lowest BCUT2D eigenvalue weighted by Crippen LogP contribution is -2.29. The van der Waals surface area contributed by atoms with E-state index in [9.17, 15) is 0 Å². The second-order valence-electron chi connectivity index (χ2n) is 5.98. The molecule has 0 amide bonds. The zero-order valence-electron chi connectivity index (χ0n) is 12.0. The molecule has 0 fully saturated rings. The Morgan fingerprint density at radius 1 is 1.28 bits per heavy atom. The molecule has 2 rings (SSSR count). The standard InChI is InChI=1S/C15H23N3/c1-11(2)15(3,4)10-16-14-17-12-8-6-7-9-13(12)18(14)5/h6-9,11H,10H2,1-5H3,(H,16,17). The number of hydrogen-bond acceptors (Lipinski definition) is 2. The van der Waals surface area contributed by atoms with Crippen LogP contribution in [0, 0.1) is 11.3 Å². The molecule has 0 aliphatic heterocycles. The first-order valence-electron chi connectivity index (χ1n) is 6.57. The van der Waals surface area contributed by atoms with Crippen LogP contribution in [0.25, 0.3) is 11.0 Å². The highest BCUT2D eigenvalue weighted by Gasteiger charge is 2.22. The summed E-state index contributed by atoms with van der Waals surface area (Å²) in [5.74, 6) is 1.59. The predicted octanol–water partition coefficient (Wildman–Crippen LogP) is 3.67. The monoisotopic (exact) mass is 245 g/mol. The van der Waals surface area contributed by atoms with Gasteiger partial charge in [0.15, 0.2) is 0 Å². The lowest BCUT2D eigenvalue weighted by Gasteiger charge is -2.29. The Hall–Kier alpha value is -1.51. The maximum atomic E-state index is 4.63. The first-order valence-corrected chi connectivity index (χ1v) is 6.57. The third-order valence-electron chi connectivity index (χ3n) is 4.05. The molecular weight excluding hydrogens is 222 g/mol. The van der Waals surface area contributed by atoms with Gasteiger partial charge in [0.2, 0.25) is 5.95 Å². The van der Waals surface area contributed by atoms with Gasteiger partial charge in [-0.2, -0.15) is 0 Å². The van der Waals surface area contributed by atoms with Crippen LogP contribution in [-0.2, 0) is 7.05 Å². The van der Waals surface area contributed by atoms with Crippen LogP contribution in [0.2, 0.25) is 0 Å². The van der Waals surface area contributed by atoms with Gasteiger partial charge < -0.3 is 9.88 Å². The van der Waals surface area contributed by atoms with Crippen molar-refractivity contribution in [2.45, 2.75) is 27.7 Å². The van der Waals surface area contributed by atoms with E-state index in [-0.39, 0.29) is 5.41 Å². The van der Waals surface area contributed by atoms with Gasteiger partial charge >= 0.3 is 0 Å². The van der Waals surface area contributed by atoms with Crippen LogP contribution in [0.15, 0.2) is 24.3 Å². The molecule has 0 atom stereocenters. The maximum absolute atomic E-state index is 4.63. The summed E-state index contributed by atoms with van der Waals surface area (Å²) >= 11 is 0. The summed E-state index contributed by atoms with van der Waals surface area (Å²) in [5.41, 5.74) is 2.48. The van der Waals surface area contributed by atoms with Gasteiger partial charge in [0, 0.05) is 13.6 Å². The average Bonchev–Trinajstić information content (AvgIpc) is 2.64. The molecule has 1 aromatic carbocycles. The number of rotatable bonds is 4. The summed E-state index contributed by atoms with van der Waals surface area (Å²) in [6.07, 6.45) is 0. The second kappa shape index (κ2) is 4.63. The van der Waals surface area contributed by atoms with Gasteiger partial charge in [0.1, 0.15) is 0 Å². The Bertz CT molecular complexity index is 538. The lowest BCUT2D eigenvalue weighted by atomic mass is 9.81. The minimum atomic E-state index is 0.262. The molecule has 1 N–H and O–H groups in total. The van der Waals surface area contributed by atoms with Gasteiger partial charge in [-0.15, -0.1) is 0 Å². The van der Waals surface area contributed by atoms with Gasteiger partial charge in [0.25, 0.3) is 0 Å². The molecule has 1 aromatic heterocycles. The van der Waals surface area contributed by atoms with E-state index in [1.807, 2.05) is 18.2 Å². The number of aromatic nitrogens is 2. The Kier molecular flexibility index (Phi) is 3.33. The van der Waals surface area contributed by atoms with Crippen LogP contribution in [0.3, 0.4) is 0 Å². The van der Waals surface area contributed by atoms with Gasteiger partial charge in [-0.3, -0.25) is 0 Å². The molecule has 0 aliphatic rings. The van der Waals surface area contributed by atoms with Crippen LogP contribution in [0.4, 0.5) is 5.95 Å². The van der Waals surface area contributed by atoms with Gasteiger partial charge in [-0.25, -0.2) is 4.98 Å². The minimum absolute atomic E-state index is 0.262. The summed E-state index contributed by atoms with van der Waals surface area (Å²) in [5, 5.41) is 3.48. The highest BCUT2D eigenvalue weighted by Crippen LogP contribution is 2.26. The molecule has 0 saturated carbocycles. The molecule has 0 radical (unpaired) electrons. The van der Waals surface area contributed by atoms with E-state index < -0.39 is 0 Å². The number of nitrogens with one attached hydrogen (secondary N) is 1. The molecule has 2 aromatic rings. The van der Waals surface area contributed by atoms with Crippen molar-refractivity contribution in [2.24, 2.45) is 18.4 Å². The molecule has 18 heavy (non-hydrogen) atoms. The second-order valence-corrected chi connectivity index (χ2v) is 5.98. The summed E-state index contributed by atoms with van der Waals surface area (Å²) in [6.45, 7) is 10.0. The van der Waals surface area contributed by atoms with Crippen molar-refractivity contribution in [1.29, 1.82) is 0 Å². The van der Waals surface area contributed by atoms with E-state index in [4.69, 9.17) is 0 Å². The normalized spacial score (nSPS) is 12.3. The maximum Gasteiger partial charge on any atom is 0.203 e. The number of fused-ring (bicyclic) bond motifs is 1. The number of aryl methyl sites for hydroxylation is 1. The van der Waals surface area contributed by atoms with Crippen LogP contribution in [0.5, 0.6) is 0 Å². The van der Waals surface area contributed by atoms with Gasteiger partial charge in [-0.05, 0) is 23.5 Å². The van der Waals surface area contributed by atoms with E-state index in [1.54, 1.807) is 0 Å². The summed E-state index contributed by atoms with van der Waals surface area (Å²) < 4.78 is 2.12. The van der Waals surface area contributed by atoms with Crippen molar-refractivity contribution in [3.8, 4) is 0 Å². The third kappa shape index (κ3) is 2.35. The zero-order chi connectivity index (χ0) is 13.3. The largest absolute Gasteiger partial charge is 0.355 e. The fourth-order valence-corrected chi connectivity index (χ4v) is 1.81. The number of hydrogen-bond donors (Lipinski definition) is 1. The Morgan fingerprint density at radius 2 is 1.94 bits per heavy atom. The SMILES string of the molecule is CC(C)C(C)(C)CNc1nc2ccccc2n1C. The number of anilines is 1. The van der Waals surface area contributed by atoms with Crippen molar-refractivity contribution in [1.82, 2.24) is 9.55 Å². The fraction of sp³-hybridized carbons (Fsp3) is 0.533. The van der Waals surface area contributed by atoms with E-state index in [0.717, 1.165) is 18.0 Å². The van der Waals surface area contributed by atoms with E-state index in [0.29, 0.717) is 5.92 Å². The summed E-state index contributed by atoms with van der Waals surface area (Å²) in [6, 6.07) is 8.22. The van der Waals surface area contributed by atoms with Crippen LogP contribution < -0.4 is 5.32 Å². The third-order valence-corrected chi connectivity index (χ3v) is 4.05.